The number of hydrogen-bond donors (Lipinski definition) is 1. The molecule has 0 bridgehead atoms. The van der Waals surface area contributed by atoms with E-state index in [1.165, 1.54) is 5.56 Å². The number of nitrogens with zero attached hydrogens (tertiary/aromatic N) is 4. The van der Waals surface area contributed by atoms with E-state index in [0.717, 1.165) is 19.4 Å². The second-order valence-electron chi connectivity index (χ2n) is 9.30. The molecular formula is C26H32N4O3. The average Bonchev–Trinajstić information content (AvgIpc) is 3.65. The summed E-state index contributed by atoms with van der Waals surface area (Å²) in [4.78, 5) is 26.0. The summed E-state index contributed by atoms with van der Waals surface area (Å²) in [6.07, 6.45) is 7.38. The monoisotopic (exact) mass is 448 g/mol. The van der Waals surface area contributed by atoms with Crippen LogP contribution in [0.1, 0.15) is 48.2 Å². The van der Waals surface area contributed by atoms with Crippen molar-refractivity contribution >= 4 is 5.91 Å². The number of rotatable bonds is 6. The molecule has 1 saturated carbocycles. The van der Waals surface area contributed by atoms with E-state index in [0.29, 0.717) is 36.0 Å². The van der Waals surface area contributed by atoms with Crippen LogP contribution in [-0.2, 0) is 6.54 Å². The first kappa shape index (κ1) is 23.2. The number of carbonyl (C=O) groups is 1. The second kappa shape index (κ2) is 10.3. The third-order valence-electron chi connectivity index (χ3n) is 6.21. The molecule has 1 aliphatic carbocycles. The molecule has 33 heavy (non-hydrogen) atoms. The Labute approximate surface area is 195 Å². The van der Waals surface area contributed by atoms with E-state index >= 15 is 0 Å². The molecule has 1 N–H and O–H groups in total. The maximum atomic E-state index is 13.4. The summed E-state index contributed by atoms with van der Waals surface area (Å²) in [7, 11) is 2.06. The van der Waals surface area contributed by atoms with E-state index in [1.807, 2.05) is 19.1 Å². The van der Waals surface area contributed by atoms with Crippen molar-refractivity contribution < 1.29 is 14.6 Å². The van der Waals surface area contributed by atoms with Crippen molar-refractivity contribution in [3.63, 3.8) is 0 Å². The average molecular weight is 449 g/mol. The molecule has 2 aliphatic rings. The van der Waals surface area contributed by atoms with Crippen LogP contribution < -0.4 is 4.74 Å². The SMILES string of the molecule is C[C@@H]1CN([C@H](C)CO)C(=O)c2cc(C#CC3CC3)cnc2O[C@H]1CN(C)Cc1ccncc1. The number of aliphatic hydroxyl groups is 1. The van der Waals surface area contributed by atoms with Gasteiger partial charge >= 0.3 is 0 Å². The standard InChI is InChI=1S/C26H32N4O3/c1-18-14-30(19(2)17-31)26(32)23-12-22(7-6-20-4-5-20)13-28-25(23)33-24(18)16-29(3)15-21-8-10-27-11-9-21/h8-13,18-20,24,31H,4-5,14-17H2,1-3H3/t18-,19-,24+/m1/s1. The molecule has 0 radical (unpaired) electrons. The third-order valence-corrected chi connectivity index (χ3v) is 6.21. The quantitative estimate of drug-likeness (QED) is 0.685. The van der Waals surface area contributed by atoms with Gasteiger partial charge in [-0.2, -0.15) is 0 Å². The highest BCUT2D eigenvalue weighted by molar-refractivity contribution is 5.97. The van der Waals surface area contributed by atoms with Gasteiger partial charge in [-0.05, 0) is 50.6 Å². The largest absolute Gasteiger partial charge is 0.472 e. The highest BCUT2D eigenvalue weighted by Gasteiger charge is 2.34. The summed E-state index contributed by atoms with van der Waals surface area (Å²) < 4.78 is 6.36. The van der Waals surface area contributed by atoms with Crippen molar-refractivity contribution in [3.8, 4) is 17.7 Å². The number of amides is 1. The first-order valence-electron chi connectivity index (χ1n) is 11.6. The number of carbonyl (C=O) groups excluding carboxylic acids is 1. The van der Waals surface area contributed by atoms with Gasteiger partial charge < -0.3 is 14.7 Å². The maximum absolute atomic E-state index is 13.4. The first-order chi connectivity index (χ1) is 15.9. The smallest absolute Gasteiger partial charge is 0.259 e. The van der Waals surface area contributed by atoms with Gasteiger partial charge in [-0.15, -0.1) is 0 Å². The lowest BCUT2D eigenvalue weighted by Crippen LogP contribution is -2.49. The van der Waals surface area contributed by atoms with Crippen molar-refractivity contribution in [2.75, 3.05) is 26.7 Å². The molecule has 4 rings (SSSR count). The molecule has 0 unspecified atom stereocenters. The molecule has 2 aromatic rings. The highest BCUT2D eigenvalue weighted by Crippen LogP contribution is 2.29. The van der Waals surface area contributed by atoms with E-state index in [4.69, 9.17) is 4.74 Å². The summed E-state index contributed by atoms with van der Waals surface area (Å²) in [5, 5.41) is 9.81. The molecule has 1 fully saturated rings. The van der Waals surface area contributed by atoms with Crippen LogP contribution >= 0.6 is 0 Å². The van der Waals surface area contributed by atoms with Crippen LogP contribution in [0.3, 0.4) is 0 Å². The number of ether oxygens (including phenoxy) is 1. The van der Waals surface area contributed by atoms with Crippen LogP contribution in [0, 0.1) is 23.7 Å². The van der Waals surface area contributed by atoms with Crippen molar-refractivity contribution in [3.05, 3.63) is 53.5 Å². The molecule has 0 saturated heterocycles. The number of aliphatic hydroxyl groups excluding tert-OH is 1. The lowest BCUT2D eigenvalue weighted by atomic mass is 9.99. The molecule has 1 amide bonds. The van der Waals surface area contributed by atoms with Gasteiger partial charge in [0.2, 0.25) is 5.88 Å². The molecule has 7 nitrogen and oxygen atoms in total. The molecule has 3 atom stereocenters. The third kappa shape index (κ3) is 5.89. The summed E-state index contributed by atoms with van der Waals surface area (Å²) in [6, 6.07) is 5.49. The minimum atomic E-state index is -0.303. The van der Waals surface area contributed by atoms with Gasteiger partial charge in [-0.3, -0.25) is 14.7 Å². The Balaban J connectivity index is 1.60. The van der Waals surface area contributed by atoms with Gasteiger partial charge in [-0.25, -0.2) is 4.98 Å². The normalized spacial score (nSPS) is 21.4. The van der Waals surface area contributed by atoms with Crippen LogP contribution in [0.2, 0.25) is 0 Å². The molecule has 1 aliphatic heterocycles. The topological polar surface area (TPSA) is 78.8 Å². The van der Waals surface area contributed by atoms with E-state index in [2.05, 4.69) is 40.7 Å². The summed E-state index contributed by atoms with van der Waals surface area (Å²) in [5.74, 6) is 7.05. The van der Waals surface area contributed by atoms with Crippen LogP contribution in [0.4, 0.5) is 0 Å². The molecule has 0 aromatic carbocycles. The maximum Gasteiger partial charge on any atom is 0.259 e. The molecule has 3 heterocycles. The number of fused-ring (bicyclic) bond motifs is 1. The Kier molecular flexibility index (Phi) is 7.26. The molecule has 2 aromatic heterocycles. The minimum Gasteiger partial charge on any atom is -0.472 e. The van der Waals surface area contributed by atoms with E-state index in [-0.39, 0.29) is 30.6 Å². The fourth-order valence-corrected chi connectivity index (χ4v) is 3.97. The Morgan fingerprint density at radius 2 is 2.09 bits per heavy atom. The summed E-state index contributed by atoms with van der Waals surface area (Å²) >= 11 is 0. The molecule has 7 heteroatoms. The molecule has 174 valence electrons. The van der Waals surface area contributed by atoms with Crippen LogP contribution in [0.5, 0.6) is 5.88 Å². The Bertz CT molecular complexity index is 1030. The second-order valence-corrected chi connectivity index (χ2v) is 9.30. The van der Waals surface area contributed by atoms with Crippen molar-refractivity contribution in [1.29, 1.82) is 0 Å². The van der Waals surface area contributed by atoms with Crippen LogP contribution in [0.25, 0.3) is 0 Å². The Morgan fingerprint density at radius 1 is 1.33 bits per heavy atom. The summed E-state index contributed by atoms with van der Waals surface area (Å²) in [5.41, 5.74) is 2.30. The zero-order chi connectivity index (χ0) is 23.4. The minimum absolute atomic E-state index is 0.0483. The zero-order valence-corrected chi connectivity index (χ0v) is 19.6. The first-order valence-corrected chi connectivity index (χ1v) is 11.6. The van der Waals surface area contributed by atoms with E-state index < -0.39 is 0 Å². The van der Waals surface area contributed by atoms with Gasteiger partial charge in [0.1, 0.15) is 11.7 Å². The lowest BCUT2D eigenvalue weighted by molar-refractivity contribution is 0.0325. The fourth-order valence-electron chi connectivity index (χ4n) is 3.97. The van der Waals surface area contributed by atoms with E-state index in [1.54, 1.807) is 29.6 Å². The van der Waals surface area contributed by atoms with Crippen LogP contribution in [-0.4, -0.2) is 69.7 Å². The highest BCUT2D eigenvalue weighted by atomic mass is 16.5. The summed E-state index contributed by atoms with van der Waals surface area (Å²) in [6.45, 7) is 5.77. The zero-order valence-electron chi connectivity index (χ0n) is 19.6. The van der Waals surface area contributed by atoms with Crippen molar-refractivity contribution in [1.82, 2.24) is 19.8 Å². The van der Waals surface area contributed by atoms with Crippen LogP contribution in [0.15, 0.2) is 36.8 Å². The van der Waals surface area contributed by atoms with Gasteiger partial charge in [0.15, 0.2) is 0 Å². The molecule has 0 spiro atoms. The van der Waals surface area contributed by atoms with Gasteiger partial charge in [0, 0.05) is 55.6 Å². The van der Waals surface area contributed by atoms with Gasteiger partial charge in [0.25, 0.3) is 5.91 Å². The van der Waals surface area contributed by atoms with E-state index in [9.17, 15) is 9.90 Å². The van der Waals surface area contributed by atoms with Gasteiger partial charge in [-0.1, -0.05) is 18.8 Å². The number of hydrogen-bond acceptors (Lipinski definition) is 6. The Morgan fingerprint density at radius 3 is 2.79 bits per heavy atom. The Hall–Kier alpha value is -2.95. The lowest BCUT2D eigenvalue weighted by Gasteiger charge is -2.37. The fraction of sp³-hybridized carbons (Fsp3) is 0.500. The van der Waals surface area contributed by atoms with Gasteiger partial charge in [0.05, 0.1) is 12.6 Å². The number of aromatic nitrogens is 2. The number of pyridine rings is 2. The predicted molar refractivity (Wildman–Crippen MR) is 126 cm³/mol. The molecular weight excluding hydrogens is 416 g/mol. The number of likely N-dealkylation sites (N-methyl/N-ethyl adjacent to an activating group) is 1. The van der Waals surface area contributed by atoms with Crippen molar-refractivity contribution in [2.24, 2.45) is 11.8 Å². The predicted octanol–water partition coefficient (Wildman–Crippen LogP) is 2.59. The van der Waals surface area contributed by atoms with Crippen molar-refractivity contribution in [2.45, 2.75) is 45.4 Å².